The summed E-state index contributed by atoms with van der Waals surface area (Å²) in [7, 11) is 0. The summed E-state index contributed by atoms with van der Waals surface area (Å²) in [5, 5.41) is 9.51. The van der Waals surface area contributed by atoms with Gasteiger partial charge in [-0.3, -0.25) is 9.48 Å². The number of hydrogen-bond acceptors (Lipinski definition) is 4. The van der Waals surface area contributed by atoms with Crippen LogP contribution in [-0.4, -0.2) is 43.6 Å². The van der Waals surface area contributed by atoms with E-state index < -0.39 is 0 Å². The van der Waals surface area contributed by atoms with E-state index in [2.05, 4.69) is 45.5 Å². The molecule has 36 heavy (non-hydrogen) atoms. The van der Waals surface area contributed by atoms with Crippen molar-refractivity contribution in [1.29, 1.82) is 0 Å². The van der Waals surface area contributed by atoms with Gasteiger partial charge in [0.1, 0.15) is 5.65 Å². The van der Waals surface area contributed by atoms with Gasteiger partial charge in [0.25, 0.3) is 5.91 Å². The summed E-state index contributed by atoms with van der Waals surface area (Å²) in [4.78, 5) is 23.5. The highest BCUT2D eigenvalue weighted by Gasteiger charge is 2.31. The predicted molar refractivity (Wildman–Crippen MR) is 140 cm³/mol. The van der Waals surface area contributed by atoms with Crippen LogP contribution < -0.4 is 5.32 Å². The molecule has 2 aliphatic heterocycles. The highest BCUT2D eigenvalue weighted by Crippen LogP contribution is 2.37. The number of carbonyl (C=O) groups excluding carboxylic acids is 1. The first kappa shape index (κ1) is 21.8. The highest BCUT2D eigenvalue weighted by molar-refractivity contribution is 5.95. The highest BCUT2D eigenvalue weighted by atomic mass is 16.2. The largest absolute Gasteiger partial charge is 0.346 e. The second-order valence-corrected chi connectivity index (χ2v) is 10.8. The van der Waals surface area contributed by atoms with E-state index in [1.165, 1.54) is 39.6 Å². The number of aromatic nitrogens is 4. The lowest BCUT2D eigenvalue weighted by molar-refractivity contribution is 0.0733. The third-order valence-electron chi connectivity index (χ3n) is 8.24. The van der Waals surface area contributed by atoms with Crippen LogP contribution in [0.2, 0.25) is 0 Å². The molecule has 4 aromatic rings. The molecule has 3 aromatic heterocycles. The van der Waals surface area contributed by atoms with Gasteiger partial charge in [-0.25, -0.2) is 4.98 Å². The minimum atomic E-state index is 0.108. The van der Waals surface area contributed by atoms with Gasteiger partial charge in [-0.2, -0.15) is 5.10 Å². The smallest absolute Gasteiger partial charge is 0.257 e. The number of aryl methyl sites for hydroxylation is 2. The minimum absolute atomic E-state index is 0.108. The molecule has 0 unspecified atom stereocenters. The van der Waals surface area contributed by atoms with Crippen LogP contribution in [0, 0.1) is 13.8 Å². The minimum Gasteiger partial charge on any atom is -0.346 e. The van der Waals surface area contributed by atoms with E-state index in [1.54, 1.807) is 0 Å². The maximum Gasteiger partial charge on any atom is 0.257 e. The van der Waals surface area contributed by atoms with Crippen LogP contribution in [-0.2, 0) is 13.0 Å². The molecule has 1 saturated heterocycles. The van der Waals surface area contributed by atoms with Crippen LogP contribution in [0.5, 0.6) is 0 Å². The van der Waals surface area contributed by atoms with Gasteiger partial charge >= 0.3 is 0 Å². The Labute approximate surface area is 210 Å². The Morgan fingerprint density at radius 3 is 2.81 bits per heavy atom. The standard InChI is InChI=1S/C29H32N6O/c1-17-13-31-28-23(17)12-21(14-32-28)20-10-19-7-9-34(15-26(19)24(11-20)27-4-3-8-30-27)29(36)25-16-35(22-5-6-22)33-18(25)2/h10-14,16,22,27,30H,3-9,15H2,1-2H3,(H,31,32)/t27-/m0/s1. The number of H-pyrrole nitrogens is 1. The van der Waals surface area contributed by atoms with E-state index >= 15 is 0 Å². The van der Waals surface area contributed by atoms with Crippen molar-refractivity contribution in [1.82, 2.24) is 30.0 Å². The average Bonchev–Trinajstić information content (AvgIpc) is 3.28. The molecule has 3 aliphatic rings. The molecule has 184 valence electrons. The first-order valence-corrected chi connectivity index (χ1v) is 13.2. The number of carbonyl (C=O) groups is 1. The quantitative estimate of drug-likeness (QED) is 0.431. The summed E-state index contributed by atoms with van der Waals surface area (Å²) < 4.78 is 2.00. The lowest BCUT2D eigenvalue weighted by Gasteiger charge is -2.32. The van der Waals surface area contributed by atoms with Gasteiger partial charge in [-0.05, 0) is 92.4 Å². The Hall–Kier alpha value is -3.45. The fraction of sp³-hybridized carbons (Fsp3) is 0.414. The van der Waals surface area contributed by atoms with Gasteiger partial charge in [0, 0.05) is 48.7 Å². The Morgan fingerprint density at radius 2 is 2.00 bits per heavy atom. The number of fused-ring (bicyclic) bond motifs is 2. The van der Waals surface area contributed by atoms with Gasteiger partial charge in [0.05, 0.1) is 17.3 Å². The number of hydrogen-bond donors (Lipinski definition) is 2. The molecule has 1 aromatic carbocycles. The van der Waals surface area contributed by atoms with E-state index in [-0.39, 0.29) is 5.91 Å². The molecule has 1 saturated carbocycles. The van der Waals surface area contributed by atoms with Gasteiger partial charge < -0.3 is 15.2 Å². The molecule has 7 heteroatoms. The zero-order chi connectivity index (χ0) is 24.4. The molecule has 1 amide bonds. The Balaban J connectivity index is 1.25. The zero-order valence-corrected chi connectivity index (χ0v) is 21.0. The third kappa shape index (κ3) is 3.64. The van der Waals surface area contributed by atoms with Crippen molar-refractivity contribution >= 4 is 16.9 Å². The molecule has 0 bridgehead atoms. The van der Waals surface area contributed by atoms with Crippen molar-refractivity contribution in [3.8, 4) is 11.1 Å². The molecule has 7 nitrogen and oxygen atoms in total. The lowest BCUT2D eigenvalue weighted by atomic mass is 9.87. The van der Waals surface area contributed by atoms with Crippen molar-refractivity contribution in [2.75, 3.05) is 13.1 Å². The van der Waals surface area contributed by atoms with E-state index in [4.69, 9.17) is 0 Å². The molecule has 1 atom stereocenters. The van der Waals surface area contributed by atoms with Crippen LogP contribution in [0.15, 0.2) is 36.8 Å². The number of aromatic amines is 1. The van der Waals surface area contributed by atoms with Crippen molar-refractivity contribution < 1.29 is 4.79 Å². The number of rotatable bonds is 4. The molecular formula is C29H32N6O. The first-order chi connectivity index (χ1) is 17.5. The summed E-state index contributed by atoms with van der Waals surface area (Å²) in [6, 6.07) is 7.74. The Morgan fingerprint density at radius 1 is 1.11 bits per heavy atom. The molecule has 2 N–H and O–H groups in total. The fourth-order valence-electron chi connectivity index (χ4n) is 5.98. The zero-order valence-electron chi connectivity index (χ0n) is 21.0. The van der Waals surface area contributed by atoms with Crippen molar-refractivity contribution in [3.63, 3.8) is 0 Å². The normalized spacial score (nSPS) is 19.7. The number of pyridine rings is 1. The second-order valence-electron chi connectivity index (χ2n) is 10.8. The van der Waals surface area contributed by atoms with E-state index in [1.807, 2.05) is 35.1 Å². The summed E-state index contributed by atoms with van der Waals surface area (Å²) in [5.74, 6) is 0.108. The number of nitrogens with zero attached hydrogens (tertiary/aromatic N) is 4. The predicted octanol–water partition coefficient (Wildman–Crippen LogP) is 5.00. The van der Waals surface area contributed by atoms with Crippen LogP contribution in [0.4, 0.5) is 0 Å². The van der Waals surface area contributed by atoms with Crippen LogP contribution >= 0.6 is 0 Å². The average molecular weight is 481 g/mol. The second kappa shape index (κ2) is 8.30. The van der Waals surface area contributed by atoms with Gasteiger partial charge in [-0.15, -0.1) is 0 Å². The monoisotopic (exact) mass is 480 g/mol. The Kier molecular flexibility index (Phi) is 5.03. The summed E-state index contributed by atoms with van der Waals surface area (Å²) in [6.07, 6.45) is 11.5. The van der Waals surface area contributed by atoms with E-state index in [0.29, 0.717) is 18.6 Å². The molecule has 0 radical (unpaired) electrons. The number of nitrogens with one attached hydrogen (secondary N) is 2. The number of benzene rings is 1. The molecule has 2 fully saturated rings. The molecule has 0 spiro atoms. The van der Waals surface area contributed by atoms with Gasteiger partial charge in [-0.1, -0.05) is 6.07 Å². The SMILES string of the molecule is Cc1nn(C2CC2)cc1C(=O)N1CCc2cc(-c3cnc4[nH]cc(C)c4c3)cc([C@@H]3CCCN3)c2C1. The van der Waals surface area contributed by atoms with Gasteiger partial charge in [0.2, 0.25) is 0 Å². The Bertz CT molecular complexity index is 1490. The van der Waals surface area contributed by atoms with Crippen molar-refractivity contribution in [2.45, 2.75) is 64.6 Å². The maximum absolute atomic E-state index is 13.6. The summed E-state index contributed by atoms with van der Waals surface area (Å²) in [6.45, 7) is 6.51. The van der Waals surface area contributed by atoms with Crippen LogP contribution in [0.1, 0.15) is 76.1 Å². The molecule has 1 aliphatic carbocycles. The summed E-state index contributed by atoms with van der Waals surface area (Å²) >= 11 is 0. The fourth-order valence-corrected chi connectivity index (χ4v) is 5.98. The van der Waals surface area contributed by atoms with E-state index in [0.717, 1.165) is 61.2 Å². The van der Waals surface area contributed by atoms with Crippen molar-refractivity contribution in [3.05, 3.63) is 70.3 Å². The molecule has 5 heterocycles. The maximum atomic E-state index is 13.6. The van der Waals surface area contributed by atoms with E-state index in [9.17, 15) is 4.79 Å². The summed E-state index contributed by atoms with van der Waals surface area (Å²) in [5.41, 5.74) is 10.1. The topological polar surface area (TPSA) is 78.8 Å². The molecule has 7 rings (SSSR count). The molecular weight excluding hydrogens is 448 g/mol. The number of amides is 1. The van der Waals surface area contributed by atoms with Crippen LogP contribution in [0.25, 0.3) is 22.2 Å². The lowest BCUT2D eigenvalue weighted by Crippen LogP contribution is -2.37. The van der Waals surface area contributed by atoms with Crippen LogP contribution in [0.3, 0.4) is 0 Å². The van der Waals surface area contributed by atoms with Gasteiger partial charge in [0.15, 0.2) is 0 Å². The van der Waals surface area contributed by atoms with Crippen molar-refractivity contribution in [2.24, 2.45) is 0 Å². The first-order valence-electron chi connectivity index (χ1n) is 13.2. The third-order valence-corrected chi connectivity index (χ3v) is 8.24.